The molecule has 17 heavy (non-hydrogen) atoms. The van der Waals surface area contributed by atoms with Crippen LogP contribution in [0.25, 0.3) is 0 Å². The minimum atomic E-state index is -0.475. The first-order chi connectivity index (χ1) is 8.06. The minimum Gasteiger partial charge on any atom is -0.314 e. The Labute approximate surface area is 113 Å². The van der Waals surface area contributed by atoms with Gasteiger partial charge in [-0.3, -0.25) is 9.78 Å². The van der Waals surface area contributed by atoms with Crippen molar-refractivity contribution >= 4 is 35.3 Å². The standard InChI is InChI=1S/C6H12S3.C4H4N2O2/c1-6(7-2)3-4-8-5-9-6;7-3-1-2-5-4(8)6-3/h3-5H2,1-2H3;1-2H,(H2,5,6,7,8). The van der Waals surface area contributed by atoms with E-state index in [9.17, 15) is 9.59 Å². The monoisotopic (exact) mass is 292 g/mol. The second-order valence-electron chi connectivity index (χ2n) is 3.55. The van der Waals surface area contributed by atoms with Crippen LogP contribution in [-0.2, 0) is 0 Å². The molecule has 0 saturated carbocycles. The first-order valence-corrected chi connectivity index (χ1v) is 8.47. The van der Waals surface area contributed by atoms with Gasteiger partial charge in [0.15, 0.2) is 0 Å². The summed E-state index contributed by atoms with van der Waals surface area (Å²) in [5, 5.41) is 1.29. The molecule has 1 atom stereocenters. The van der Waals surface area contributed by atoms with Crippen molar-refractivity contribution in [2.24, 2.45) is 0 Å². The Bertz CT molecular complexity index is 412. The maximum Gasteiger partial charge on any atom is 0.325 e. The number of nitrogens with one attached hydrogen (secondary N) is 2. The fraction of sp³-hybridized carbons (Fsp3) is 0.600. The van der Waals surface area contributed by atoms with Crippen molar-refractivity contribution in [1.82, 2.24) is 9.97 Å². The Kier molecular flexibility index (Phi) is 6.29. The zero-order valence-corrected chi connectivity index (χ0v) is 12.3. The van der Waals surface area contributed by atoms with E-state index in [1.807, 2.05) is 16.7 Å². The highest BCUT2D eigenvalue weighted by Crippen LogP contribution is 2.44. The molecule has 0 amide bonds. The van der Waals surface area contributed by atoms with Gasteiger partial charge in [0.05, 0.1) is 4.08 Å². The number of H-pyrrole nitrogens is 2. The van der Waals surface area contributed by atoms with Gasteiger partial charge in [0.1, 0.15) is 0 Å². The molecule has 1 unspecified atom stereocenters. The van der Waals surface area contributed by atoms with Gasteiger partial charge in [-0.15, -0.1) is 23.5 Å². The van der Waals surface area contributed by atoms with E-state index in [4.69, 9.17) is 0 Å². The molecule has 1 saturated heterocycles. The summed E-state index contributed by atoms with van der Waals surface area (Å²) < 4.78 is 0.533. The maximum absolute atomic E-state index is 10.2. The fourth-order valence-electron chi connectivity index (χ4n) is 1.10. The first kappa shape index (κ1) is 14.8. The van der Waals surface area contributed by atoms with Crippen LogP contribution in [0.5, 0.6) is 0 Å². The van der Waals surface area contributed by atoms with Crippen molar-refractivity contribution in [2.75, 3.05) is 17.1 Å². The Hall–Kier alpha value is -0.270. The van der Waals surface area contributed by atoms with Crippen LogP contribution in [0.15, 0.2) is 21.9 Å². The van der Waals surface area contributed by atoms with Crippen LogP contribution >= 0.6 is 35.3 Å². The molecule has 2 heterocycles. The molecule has 2 N–H and O–H groups in total. The fourth-order valence-corrected chi connectivity index (χ4v) is 5.17. The van der Waals surface area contributed by atoms with Crippen LogP contribution < -0.4 is 11.2 Å². The van der Waals surface area contributed by atoms with Crippen molar-refractivity contribution < 1.29 is 0 Å². The lowest BCUT2D eigenvalue weighted by Gasteiger charge is -2.30. The van der Waals surface area contributed by atoms with Gasteiger partial charge in [-0.05, 0) is 25.4 Å². The number of aromatic nitrogens is 2. The molecule has 4 nitrogen and oxygen atoms in total. The highest BCUT2D eigenvalue weighted by atomic mass is 32.2. The van der Waals surface area contributed by atoms with Crippen LogP contribution in [0.1, 0.15) is 13.3 Å². The highest BCUT2D eigenvalue weighted by molar-refractivity contribution is 8.24. The van der Waals surface area contributed by atoms with Crippen molar-refractivity contribution in [3.63, 3.8) is 0 Å². The van der Waals surface area contributed by atoms with Gasteiger partial charge in [0.2, 0.25) is 0 Å². The number of aromatic amines is 2. The molecule has 1 aromatic heterocycles. The Balaban J connectivity index is 0.000000171. The van der Waals surface area contributed by atoms with Gasteiger partial charge >= 0.3 is 5.69 Å². The lowest BCUT2D eigenvalue weighted by Crippen LogP contribution is -2.19. The van der Waals surface area contributed by atoms with Crippen LogP contribution in [0.2, 0.25) is 0 Å². The third-order valence-electron chi connectivity index (χ3n) is 2.27. The lowest BCUT2D eigenvalue weighted by atomic mass is 10.4. The highest BCUT2D eigenvalue weighted by Gasteiger charge is 2.25. The summed E-state index contributed by atoms with van der Waals surface area (Å²) in [6.45, 7) is 2.35. The summed E-state index contributed by atoms with van der Waals surface area (Å²) in [4.78, 5) is 24.7. The lowest BCUT2D eigenvalue weighted by molar-refractivity contribution is 0.855. The van der Waals surface area contributed by atoms with Crippen LogP contribution in [-0.4, -0.2) is 31.1 Å². The van der Waals surface area contributed by atoms with E-state index in [1.54, 1.807) is 0 Å². The summed E-state index contributed by atoms with van der Waals surface area (Å²) in [7, 11) is 0. The second kappa shape index (κ2) is 7.23. The molecule has 0 radical (unpaired) electrons. The van der Waals surface area contributed by atoms with E-state index < -0.39 is 5.69 Å². The molecule has 0 bridgehead atoms. The number of hydrogen-bond donors (Lipinski definition) is 2. The Morgan fingerprint density at radius 2 is 2.24 bits per heavy atom. The third-order valence-corrected chi connectivity index (χ3v) is 6.63. The molecule has 2 rings (SSSR count). The third kappa shape index (κ3) is 5.74. The molecule has 1 aliphatic heterocycles. The average Bonchev–Trinajstić information content (AvgIpc) is 2.30. The van der Waals surface area contributed by atoms with Crippen molar-refractivity contribution in [3.8, 4) is 0 Å². The molecular formula is C10H16N2O2S3. The van der Waals surface area contributed by atoms with Crippen LogP contribution in [0.3, 0.4) is 0 Å². The molecule has 1 aromatic rings. The smallest absolute Gasteiger partial charge is 0.314 e. The van der Waals surface area contributed by atoms with Gasteiger partial charge in [0.25, 0.3) is 5.56 Å². The summed E-state index contributed by atoms with van der Waals surface area (Å²) in [6, 6.07) is 1.24. The molecule has 1 aliphatic rings. The predicted molar refractivity (Wildman–Crippen MR) is 79.1 cm³/mol. The SMILES string of the molecule is CSC1(C)CCSCS1.O=c1cc[nH]c(=O)[nH]1. The van der Waals surface area contributed by atoms with E-state index in [1.165, 1.54) is 29.5 Å². The van der Waals surface area contributed by atoms with E-state index >= 15 is 0 Å². The summed E-state index contributed by atoms with van der Waals surface area (Å²) in [6.07, 6.45) is 4.87. The zero-order chi connectivity index (χ0) is 12.7. The topological polar surface area (TPSA) is 65.7 Å². The van der Waals surface area contributed by atoms with E-state index in [0.717, 1.165) is 0 Å². The van der Waals surface area contributed by atoms with Gasteiger partial charge in [-0.2, -0.15) is 11.8 Å². The summed E-state index contributed by atoms with van der Waals surface area (Å²) in [5.41, 5.74) is -0.855. The number of rotatable bonds is 1. The number of hydrogen-bond acceptors (Lipinski definition) is 5. The van der Waals surface area contributed by atoms with E-state index in [2.05, 4.69) is 41.7 Å². The molecular weight excluding hydrogens is 276 g/mol. The molecule has 0 aliphatic carbocycles. The van der Waals surface area contributed by atoms with Crippen molar-refractivity contribution in [3.05, 3.63) is 33.1 Å². The molecule has 96 valence electrons. The summed E-state index contributed by atoms with van der Waals surface area (Å²) >= 11 is 6.15. The van der Waals surface area contributed by atoms with Gasteiger partial charge in [-0.25, -0.2) is 4.79 Å². The normalized spacial score (nSPS) is 23.6. The largest absolute Gasteiger partial charge is 0.325 e. The van der Waals surface area contributed by atoms with E-state index in [-0.39, 0.29) is 5.56 Å². The Morgan fingerprint density at radius 3 is 2.59 bits per heavy atom. The van der Waals surface area contributed by atoms with Crippen molar-refractivity contribution in [2.45, 2.75) is 17.4 Å². The molecule has 1 fully saturated rings. The summed E-state index contributed by atoms with van der Waals surface area (Å²) in [5.74, 6) is 1.35. The first-order valence-electron chi connectivity index (χ1n) is 5.11. The van der Waals surface area contributed by atoms with Crippen molar-refractivity contribution in [1.29, 1.82) is 0 Å². The number of thioether (sulfide) groups is 3. The van der Waals surface area contributed by atoms with Crippen LogP contribution in [0.4, 0.5) is 0 Å². The molecule has 7 heteroatoms. The van der Waals surface area contributed by atoms with Gasteiger partial charge < -0.3 is 4.98 Å². The zero-order valence-electron chi connectivity index (χ0n) is 9.82. The Morgan fingerprint density at radius 1 is 1.47 bits per heavy atom. The van der Waals surface area contributed by atoms with Gasteiger partial charge in [0, 0.05) is 17.3 Å². The second-order valence-corrected chi connectivity index (χ2v) is 8.07. The molecule has 0 spiro atoms. The van der Waals surface area contributed by atoms with Gasteiger partial charge in [-0.1, -0.05) is 0 Å². The molecule has 0 aromatic carbocycles. The minimum absolute atomic E-state index is 0.381. The van der Waals surface area contributed by atoms with E-state index in [0.29, 0.717) is 4.08 Å². The average molecular weight is 292 g/mol. The quantitative estimate of drug-likeness (QED) is 0.828. The van der Waals surface area contributed by atoms with Crippen LogP contribution in [0, 0.1) is 0 Å². The predicted octanol–water partition coefficient (Wildman–Crippen LogP) is 1.96. The maximum atomic E-state index is 10.2.